The summed E-state index contributed by atoms with van der Waals surface area (Å²) in [4.78, 5) is 0. The van der Waals surface area contributed by atoms with E-state index in [0.29, 0.717) is 18.9 Å². The van der Waals surface area contributed by atoms with E-state index in [1.165, 1.54) is 0 Å². The molecule has 7 nitrogen and oxygen atoms in total. The summed E-state index contributed by atoms with van der Waals surface area (Å²) in [6, 6.07) is 0.248. The lowest BCUT2D eigenvalue weighted by Crippen LogP contribution is -2.25. The zero-order chi connectivity index (χ0) is 13.2. The number of nitrogens with one attached hydrogen (secondary N) is 2. The smallest absolute Gasteiger partial charge is 0.315 e. The van der Waals surface area contributed by atoms with Crippen LogP contribution in [0.1, 0.15) is 31.7 Å². The van der Waals surface area contributed by atoms with E-state index < -0.39 is 9.84 Å². The summed E-state index contributed by atoms with van der Waals surface area (Å²) in [7, 11) is -1.14. The summed E-state index contributed by atoms with van der Waals surface area (Å²) in [5.41, 5.74) is 0. The Bertz CT molecular complexity index is 499. The Kier molecular flexibility index (Phi) is 3.86. The van der Waals surface area contributed by atoms with Crippen LogP contribution in [0.25, 0.3) is 0 Å². The average Bonchev–Trinajstić information content (AvgIpc) is 2.92. The minimum atomic E-state index is -2.94. The molecule has 18 heavy (non-hydrogen) atoms. The average molecular weight is 274 g/mol. The number of sulfone groups is 1. The van der Waals surface area contributed by atoms with Crippen LogP contribution in [0.4, 0.5) is 6.01 Å². The number of nitrogens with zero attached hydrogens (tertiary/aromatic N) is 2. The molecule has 1 aromatic rings. The molecule has 0 saturated carbocycles. The predicted molar refractivity (Wildman–Crippen MR) is 67.1 cm³/mol. The lowest BCUT2D eigenvalue weighted by molar-refractivity contribution is 0.441. The lowest BCUT2D eigenvalue weighted by atomic mass is 10.2. The van der Waals surface area contributed by atoms with Crippen molar-refractivity contribution in [1.29, 1.82) is 0 Å². The molecular formula is C10H18N4O3S. The van der Waals surface area contributed by atoms with E-state index in [9.17, 15) is 8.42 Å². The van der Waals surface area contributed by atoms with Crippen molar-refractivity contribution in [3.63, 3.8) is 0 Å². The summed E-state index contributed by atoms with van der Waals surface area (Å²) in [5, 5.41) is 13.2. The van der Waals surface area contributed by atoms with Gasteiger partial charge in [0.2, 0.25) is 5.89 Å². The van der Waals surface area contributed by atoms with E-state index in [1.54, 1.807) is 7.05 Å². The molecule has 1 aliphatic rings. The maximum atomic E-state index is 11.6. The molecule has 1 aromatic heterocycles. The normalized spacial score (nSPS) is 24.0. The third kappa shape index (κ3) is 2.81. The molecule has 8 heteroatoms. The summed E-state index contributed by atoms with van der Waals surface area (Å²) in [6.07, 6.45) is 1.43. The van der Waals surface area contributed by atoms with Gasteiger partial charge in [-0.3, -0.25) is 0 Å². The Morgan fingerprint density at radius 2 is 2.28 bits per heavy atom. The van der Waals surface area contributed by atoms with Crippen LogP contribution in [0.15, 0.2) is 4.42 Å². The molecule has 0 aromatic carbocycles. The van der Waals surface area contributed by atoms with Crippen LogP contribution in [-0.4, -0.2) is 43.2 Å². The number of hydrogen-bond acceptors (Lipinski definition) is 7. The van der Waals surface area contributed by atoms with Gasteiger partial charge in [0.05, 0.1) is 17.0 Å². The molecule has 102 valence electrons. The molecule has 1 fully saturated rings. The second-order valence-electron chi connectivity index (χ2n) is 4.47. The summed E-state index contributed by atoms with van der Waals surface area (Å²) in [5.74, 6) is 0.764. The van der Waals surface area contributed by atoms with Gasteiger partial charge in [-0.25, -0.2) is 8.42 Å². The van der Waals surface area contributed by atoms with Gasteiger partial charge in [-0.15, -0.1) is 5.10 Å². The van der Waals surface area contributed by atoms with Gasteiger partial charge in [0, 0.05) is 6.54 Å². The third-order valence-corrected chi connectivity index (χ3v) is 5.46. The molecular weight excluding hydrogens is 256 g/mol. The fourth-order valence-corrected chi connectivity index (χ4v) is 3.66. The van der Waals surface area contributed by atoms with Crippen molar-refractivity contribution >= 4 is 15.9 Å². The van der Waals surface area contributed by atoms with Crippen LogP contribution < -0.4 is 10.6 Å². The summed E-state index contributed by atoms with van der Waals surface area (Å²) >= 11 is 0. The molecule has 1 aliphatic heterocycles. The van der Waals surface area contributed by atoms with E-state index in [0.717, 1.165) is 6.42 Å². The molecule has 1 saturated heterocycles. The molecule has 0 bridgehead atoms. The van der Waals surface area contributed by atoms with Crippen LogP contribution >= 0.6 is 0 Å². The maximum absolute atomic E-state index is 11.6. The van der Waals surface area contributed by atoms with Crippen LogP contribution in [0.3, 0.4) is 0 Å². The van der Waals surface area contributed by atoms with Crippen molar-refractivity contribution in [3.8, 4) is 0 Å². The molecule has 2 rings (SSSR count). The second kappa shape index (κ2) is 5.23. The van der Waals surface area contributed by atoms with Crippen LogP contribution in [0.5, 0.6) is 0 Å². The highest BCUT2D eigenvalue weighted by Gasteiger charge is 2.31. The number of hydrogen-bond donors (Lipinski definition) is 2. The van der Waals surface area contributed by atoms with Crippen molar-refractivity contribution in [2.24, 2.45) is 0 Å². The first-order valence-corrected chi connectivity index (χ1v) is 7.70. The number of aromatic nitrogens is 2. The maximum Gasteiger partial charge on any atom is 0.315 e. The molecule has 2 unspecified atom stereocenters. The van der Waals surface area contributed by atoms with Gasteiger partial charge in [-0.05, 0) is 26.8 Å². The van der Waals surface area contributed by atoms with Crippen molar-refractivity contribution in [1.82, 2.24) is 15.5 Å². The molecule has 2 heterocycles. The van der Waals surface area contributed by atoms with E-state index in [1.807, 2.05) is 6.92 Å². The zero-order valence-electron chi connectivity index (χ0n) is 10.5. The fraction of sp³-hybridized carbons (Fsp3) is 0.800. The van der Waals surface area contributed by atoms with Gasteiger partial charge in [-0.2, -0.15) is 0 Å². The lowest BCUT2D eigenvalue weighted by Gasteiger charge is -2.08. The van der Waals surface area contributed by atoms with Gasteiger partial charge in [0.15, 0.2) is 9.84 Å². The molecule has 0 amide bonds. The molecule has 0 aliphatic carbocycles. The Hall–Kier alpha value is -1.15. The zero-order valence-corrected chi connectivity index (χ0v) is 11.3. The van der Waals surface area contributed by atoms with E-state index in [4.69, 9.17) is 4.42 Å². The van der Waals surface area contributed by atoms with Crippen molar-refractivity contribution in [3.05, 3.63) is 5.89 Å². The van der Waals surface area contributed by atoms with Crippen LogP contribution in [0.2, 0.25) is 0 Å². The molecule has 2 atom stereocenters. The van der Waals surface area contributed by atoms with Crippen LogP contribution in [0, 0.1) is 0 Å². The Morgan fingerprint density at radius 1 is 1.50 bits per heavy atom. The first-order valence-electron chi connectivity index (χ1n) is 5.99. The highest BCUT2D eigenvalue weighted by atomic mass is 32.2. The van der Waals surface area contributed by atoms with Crippen molar-refractivity contribution < 1.29 is 12.8 Å². The van der Waals surface area contributed by atoms with E-state index in [-0.39, 0.29) is 23.1 Å². The first kappa shape index (κ1) is 13.3. The van der Waals surface area contributed by atoms with Gasteiger partial charge >= 0.3 is 6.01 Å². The minimum absolute atomic E-state index is 0.0248. The van der Waals surface area contributed by atoms with Crippen LogP contribution in [-0.2, 0) is 9.84 Å². The number of anilines is 1. The van der Waals surface area contributed by atoms with Crippen molar-refractivity contribution in [2.45, 2.75) is 31.1 Å². The quantitative estimate of drug-likeness (QED) is 0.799. The fourth-order valence-electron chi connectivity index (χ4n) is 1.89. The van der Waals surface area contributed by atoms with Gasteiger partial charge in [0.1, 0.15) is 0 Å². The Balaban J connectivity index is 1.93. The Labute approximate surface area is 106 Å². The highest BCUT2D eigenvalue weighted by Crippen LogP contribution is 2.20. The van der Waals surface area contributed by atoms with Gasteiger partial charge in [-0.1, -0.05) is 5.10 Å². The SMILES string of the molecule is CNC(C)c1nnc(NCC2CCCS2(=O)=O)o1. The Morgan fingerprint density at radius 3 is 2.89 bits per heavy atom. The second-order valence-corrected chi connectivity index (χ2v) is 6.87. The minimum Gasteiger partial charge on any atom is -0.406 e. The largest absolute Gasteiger partial charge is 0.406 e. The standard InChI is InChI=1S/C10H18N4O3S/c1-7(11-2)9-13-14-10(17-9)12-6-8-4-3-5-18(8,15)16/h7-8,11H,3-6H2,1-2H3,(H,12,14). The summed E-state index contributed by atoms with van der Waals surface area (Å²) < 4.78 is 28.6. The third-order valence-electron chi connectivity index (χ3n) is 3.19. The van der Waals surface area contributed by atoms with Gasteiger partial charge in [0.25, 0.3) is 0 Å². The first-order chi connectivity index (χ1) is 8.53. The predicted octanol–water partition coefficient (Wildman–Crippen LogP) is 0.339. The highest BCUT2D eigenvalue weighted by molar-refractivity contribution is 7.92. The van der Waals surface area contributed by atoms with Gasteiger partial charge < -0.3 is 15.1 Å². The van der Waals surface area contributed by atoms with E-state index in [2.05, 4.69) is 20.8 Å². The van der Waals surface area contributed by atoms with Crippen molar-refractivity contribution in [2.75, 3.05) is 24.7 Å². The molecule has 0 radical (unpaired) electrons. The molecule has 0 spiro atoms. The summed E-state index contributed by atoms with van der Waals surface area (Å²) in [6.45, 7) is 2.23. The number of rotatable bonds is 5. The monoisotopic (exact) mass is 274 g/mol. The topological polar surface area (TPSA) is 97.1 Å². The van der Waals surface area contributed by atoms with E-state index >= 15 is 0 Å². The molecule has 2 N–H and O–H groups in total.